The van der Waals surface area contributed by atoms with E-state index in [1.54, 1.807) is 0 Å². The van der Waals surface area contributed by atoms with Crippen LogP contribution in [-0.2, 0) is 16.2 Å². The van der Waals surface area contributed by atoms with Gasteiger partial charge in [0.1, 0.15) is 16.2 Å². The summed E-state index contributed by atoms with van der Waals surface area (Å²) in [6.07, 6.45) is -4.96. The molecule has 0 spiro atoms. The summed E-state index contributed by atoms with van der Waals surface area (Å²) < 4.78 is 76.6. The molecule has 0 fully saturated rings. The van der Waals surface area contributed by atoms with E-state index in [9.17, 15) is 26.4 Å². The molecule has 0 saturated heterocycles. The third-order valence-corrected chi connectivity index (χ3v) is 5.90. The molecule has 7 nitrogen and oxygen atoms in total. The molecule has 28 heavy (non-hydrogen) atoms. The number of benzene rings is 2. The molecule has 2 aromatic rings. The molecule has 1 aliphatic heterocycles. The van der Waals surface area contributed by atoms with E-state index >= 15 is 0 Å². The van der Waals surface area contributed by atoms with Crippen molar-refractivity contribution in [3.05, 3.63) is 46.5 Å². The van der Waals surface area contributed by atoms with Gasteiger partial charge in [0, 0.05) is 5.02 Å². The van der Waals surface area contributed by atoms with Crippen molar-refractivity contribution < 1.29 is 41.0 Å². The SMILES string of the molecule is COc1ccc(Cl)cc1S(=O)(=O)N1COc2c1cc(C(=O)O)cc2C(F)(F)F. The van der Waals surface area contributed by atoms with Gasteiger partial charge in [0.05, 0.1) is 18.4 Å². The summed E-state index contributed by atoms with van der Waals surface area (Å²) in [5, 5.41) is 9.17. The average Bonchev–Trinajstić information content (AvgIpc) is 3.04. The van der Waals surface area contributed by atoms with Crippen LogP contribution in [0, 0.1) is 0 Å². The summed E-state index contributed by atoms with van der Waals surface area (Å²) in [6, 6.07) is 4.91. The van der Waals surface area contributed by atoms with Crippen molar-refractivity contribution in [3.8, 4) is 11.5 Å². The number of methoxy groups -OCH3 is 1. The maximum absolute atomic E-state index is 13.3. The molecule has 0 aromatic heterocycles. The van der Waals surface area contributed by atoms with Gasteiger partial charge in [-0.25, -0.2) is 17.5 Å². The van der Waals surface area contributed by atoms with Gasteiger partial charge in [-0.3, -0.25) is 0 Å². The Morgan fingerprint density at radius 2 is 1.96 bits per heavy atom. The van der Waals surface area contributed by atoms with Gasteiger partial charge in [0.2, 0.25) is 0 Å². The summed E-state index contributed by atoms with van der Waals surface area (Å²) in [5.74, 6) is -2.52. The minimum absolute atomic E-state index is 0.0509. The highest BCUT2D eigenvalue weighted by Gasteiger charge is 2.43. The Morgan fingerprint density at radius 1 is 1.29 bits per heavy atom. The summed E-state index contributed by atoms with van der Waals surface area (Å²) in [4.78, 5) is 10.8. The molecule has 0 bridgehead atoms. The number of hydrogen-bond donors (Lipinski definition) is 1. The van der Waals surface area contributed by atoms with Crippen LogP contribution in [-0.4, -0.2) is 33.3 Å². The maximum Gasteiger partial charge on any atom is 0.420 e. The number of alkyl halides is 3. The van der Waals surface area contributed by atoms with Gasteiger partial charge >= 0.3 is 12.1 Å². The number of ether oxygens (including phenoxy) is 2. The van der Waals surface area contributed by atoms with E-state index in [2.05, 4.69) is 0 Å². The zero-order valence-corrected chi connectivity index (χ0v) is 15.5. The molecule has 3 rings (SSSR count). The van der Waals surface area contributed by atoms with Crippen LogP contribution >= 0.6 is 11.6 Å². The number of fused-ring (bicyclic) bond motifs is 1. The van der Waals surface area contributed by atoms with Gasteiger partial charge < -0.3 is 14.6 Å². The van der Waals surface area contributed by atoms with Crippen molar-refractivity contribution in [2.45, 2.75) is 11.1 Å². The fraction of sp³-hybridized carbons (Fsp3) is 0.188. The molecule has 2 aromatic carbocycles. The number of anilines is 1. The van der Waals surface area contributed by atoms with Crippen LogP contribution in [0.25, 0.3) is 0 Å². The minimum atomic E-state index is -4.96. The normalized spacial score (nSPS) is 13.8. The lowest BCUT2D eigenvalue weighted by Crippen LogP contribution is -2.30. The Hall–Kier alpha value is -2.66. The highest BCUT2D eigenvalue weighted by Crippen LogP contribution is 2.47. The van der Waals surface area contributed by atoms with E-state index in [4.69, 9.17) is 26.2 Å². The van der Waals surface area contributed by atoms with E-state index in [1.165, 1.54) is 19.2 Å². The molecular formula is C16H11ClF3NO6S. The molecule has 150 valence electrons. The number of carboxylic acids is 1. The molecule has 0 radical (unpaired) electrons. The molecule has 1 heterocycles. The van der Waals surface area contributed by atoms with Crippen LogP contribution < -0.4 is 13.8 Å². The molecular weight excluding hydrogens is 427 g/mol. The second-order valence-corrected chi connectivity index (χ2v) is 7.86. The first-order valence-corrected chi connectivity index (χ1v) is 9.26. The lowest BCUT2D eigenvalue weighted by Gasteiger charge is -2.19. The monoisotopic (exact) mass is 437 g/mol. The summed E-state index contributed by atoms with van der Waals surface area (Å²) >= 11 is 5.84. The van der Waals surface area contributed by atoms with Gasteiger partial charge in [-0.15, -0.1) is 0 Å². The van der Waals surface area contributed by atoms with Crippen LogP contribution in [0.1, 0.15) is 15.9 Å². The molecule has 1 aliphatic rings. The fourth-order valence-corrected chi connectivity index (χ4v) is 4.39. The molecule has 0 amide bonds. The first kappa shape index (κ1) is 20.1. The first-order valence-electron chi connectivity index (χ1n) is 7.44. The second-order valence-electron chi connectivity index (χ2n) is 5.60. The molecule has 0 saturated carbocycles. The molecule has 12 heteroatoms. The summed E-state index contributed by atoms with van der Waals surface area (Å²) in [5.41, 5.74) is -2.68. The lowest BCUT2D eigenvalue weighted by molar-refractivity contribution is -0.138. The Kier molecular flexibility index (Phi) is 4.84. The molecule has 0 aliphatic carbocycles. The third-order valence-electron chi connectivity index (χ3n) is 3.91. The Bertz CT molecular complexity index is 1070. The van der Waals surface area contributed by atoms with E-state index in [1.807, 2.05) is 0 Å². The highest BCUT2D eigenvalue weighted by atomic mass is 35.5. The standard InChI is InChI=1S/C16H11ClF3NO6S/c1-26-12-3-2-9(17)6-13(12)28(24,25)21-7-27-14-10(16(18,19)20)4-8(15(22)23)5-11(14)21/h2-6H,7H2,1H3,(H,22,23). The number of nitrogens with zero attached hydrogens (tertiary/aromatic N) is 1. The number of aromatic carboxylic acids is 1. The number of halogens is 4. The zero-order valence-electron chi connectivity index (χ0n) is 13.9. The van der Waals surface area contributed by atoms with Crippen molar-refractivity contribution in [3.63, 3.8) is 0 Å². The van der Waals surface area contributed by atoms with Crippen LogP contribution in [0.15, 0.2) is 35.2 Å². The molecule has 1 N–H and O–H groups in total. The van der Waals surface area contributed by atoms with Crippen LogP contribution in [0.5, 0.6) is 11.5 Å². The highest BCUT2D eigenvalue weighted by molar-refractivity contribution is 7.93. The van der Waals surface area contributed by atoms with E-state index in [0.717, 1.165) is 12.1 Å². The van der Waals surface area contributed by atoms with E-state index < -0.39 is 56.4 Å². The predicted octanol–water partition coefficient (Wildman–Crippen LogP) is 3.61. The summed E-state index contributed by atoms with van der Waals surface area (Å²) in [6.45, 7) is -0.778. The van der Waals surface area contributed by atoms with Gasteiger partial charge in [-0.1, -0.05) is 11.6 Å². The average molecular weight is 438 g/mol. The van der Waals surface area contributed by atoms with Crippen molar-refractivity contribution in [2.24, 2.45) is 0 Å². The smallest absolute Gasteiger partial charge is 0.420 e. The van der Waals surface area contributed by atoms with Gasteiger partial charge in [-0.05, 0) is 30.3 Å². The molecule has 0 atom stereocenters. The quantitative estimate of drug-likeness (QED) is 0.785. The van der Waals surface area contributed by atoms with Gasteiger partial charge in [-0.2, -0.15) is 13.2 Å². The van der Waals surface area contributed by atoms with Crippen molar-refractivity contribution in [1.82, 2.24) is 0 Å². The Morgan fingerprint density at radius 3 is 2.54 bits per heavy atom. The maximum atomic E-state index is 13.3. The van der Waals surface area contributed by atoms with Crippen LogP contribution in [0.2, 0.25) is 5.02 Å². The largest absolute Gasteiger partial charge is 0.495 e. The van der Waals surface area contributed by atoms with Crippen LogP contribution in [0.4, 0.5) is 18.9 Å². The molecule has 0 unspecified atom stereocenters. The topological polar surface area (TPSA) is 93.1 Å². The van der Waals surface area contributed by atoms with E-state index in [0.29, 0.717) is 10.4 Å². The number of carboxylic acid groups (broad SMARTS) is 1. The van der Waals surface area contributed by atoms with E-state index in [-0.39, 0.29) is 10.8 Å². The summed E-state index contributed by atoms with van der Waals surface area (Å²) in [7, 11) is -3.27. The number of hydrogen-bond acceptors (Lipinski definition) is 5. The number of carbonyl (C=O) groups is 1. The van der Waals surface area contributed by atoms with Crippen LogP contribution in [0.3, 0.4) is 0 Å². The lowest BCUT2D eigenvalue weighted by atomic mass is 10.1. The predicted molar refractivity (Wildman–Crippen MR) is 91.6 cm³/mol. The van der Waals surface area contributed by atoms with Crippen molar-refractivity contribution in [1.29, 1.82) is 0 Å². The van der Waals surface area contributed by atoms with Crippen molar-refractivity contribution >= 4 is 33.3 Å². The van der Waals surface area contributed by atoms with Crippen molar-refractivity contribution in [2.75, 3.05) is 18.1 Å². The van der Waals surface area contributed by atoms with Gasteiger partial charge in [0.15, 0.2) is 12.5 Å². The first-order chi connectivity index (χ1) is 13.0. The fourth-order valence-electron chi connectivity index (χ4n) is 2.65. The second kappa shape index (κ2) is 6.74. The third kappa shape index (κ3) is 3.31. The number of sulfonamides is 1. The Labute approximate surface area is 161 Å². The van der Waals surface area contributed by atoms with Gasteiger partial charge in [0.25, 0.3) is 10.0 Å². The zero-order chi connectivity index (χ0) is 20.9. The number of rotatable bonds is 4. The Balaban J connectivity index is 2.23. The minimum Gasteiger partial charge on any atom is -0.495 e.